The molecule has 3 aliphatic heterocycles. The largest absolute Gasteiger partial charge is 0.346 e. The molecule has 1 amide bonds. The first kappa shape index (κ1) is 12.7. The predicted molar refractivity (Wildman–Crippen MR) is 72.9 cm³/mol. The fourth-order valence-corrected chi connectivity index (χ4v) is 3.29. The maximum atomic E-state index is 12.4. The highest BCUT2D eigenvalue weighted by Gasteiger charge is 2.35. The van der Waals surface area contributed by atoms with Crippen LogP contribution in [0.4, 0.5) is 0 Å². The van der Waals surface area contributed by atoms with Crippen LogP contribution in [-0.2, 0) is 6.54 Å². The Kier molecular flexibility index (Phi) is 3.55. The minimum absolute atomic E-state index is 0.0321. The molecule has 3 saturated heterocycles. The number of carbonyl (C=O) groups excluding carboxylic acids is 1. The van der Waals surface area contributed by atoms with Gasteiger partial charge in [-0.05, 0) is 44.3 Å². The number of carbonyl (C=O) groups is 1. The summed E-state index contributed by atoms with van der Waals surface area (Å²) in [5, 5.41) is 7.42. The van der Waals surface area contributed by atoms with Crippen molar-refractivity contribution >= 4 is 5.91 Å². The van der Waals surface area contributed by atoms with E-state index in [1.807, 2.05) is 6.07 Å². The summed E-state index contributed by atoms with van der Waals surface area (Å²) in [5.74, 6) is 0.696. The van der Waals surface area contributed by atoms with Crippen molar-refractivity contribution in [3.63, 3.8) is 0 Å². The van der Waals surface area contributed by atoms with E-state index in [0.717, 1.165) is 19.5 Å². The number of amides is 1. The standard InChI is InChI=1S/C14H22N4O/c1-2-7-18-13(3-6-15-18)14(19)16-12-10-17-8-4-11(12)5-9-17/h3,6,11-12H,2,4-5,7-10H2,1H3,(H,16,19). The lowest BCUT2D eigenvalue weighted by atomic mass is 9.84. The van der Waals surface area contributed by atoms with E-state index >= 15 is 0 Å². The number of fused-ring (bicyclic) bond motifs is 3. The molecule has 1 aromatic heterocycles. The quantitative estimate of drug-likeness (QED) is 0.884. The molecule has 19 heavy (non-hydrogen) atoms. The third-order valence-corrected chi connectivity index (χ3v) is 4.36. The molecule has 1 aromatic rings. The van der Waals surface area contributed by atoms with Crippen LogP contribution in [0.25, 0.3) is 0 Å². The minimum Gasteiger partial charge on any atom is -0.346 e. The highest BCUT2D eigenvalue weighted by atomic mass is 16.2. The van der Waals surface area contributed by atoms with Gasteiger partial charge in [-0.25, -0.2) is 0 Å². The van der Waals surface area contributed by atoms with E-state index in [2.05, 4.69) is 22.2 Å². The van der Waals surface area contributed by atoms with Gasteiger partial charge in [0.15, 0.2) is 0 Å². The Bertz CT molecular complexity index is 448. The summed E-state index contributed by atoms with van der Waals surface area (Å²) < 4.78 is 1.80. The van der Waals surface area contributed by atoms with Crippen LogP contribution in [0.15, 0.2) is 12.3 Å². The second-order valence-electron chi connectivity index (χ2n) is 5.66. The van der Waals surface area contributed by atoms with Crippen molar-refractivity contribution in [1.82, 2.24) is 20.0 Å². The first-order valence-corrected chi connectivity index (χ1v) is 7.33. The Balaban J connectivity index is 1.66. The van der Waals surface area contributed by atoms with Crippen LogP contribution in [0.5, 0.6) is 0 Å². The van der Waals surface area contributed by atoms with Crippen molar-refractivity contribution in [2.45, 2.75) is 38.8 Å². The summed E-state index contributed by atoms with van der Waals surface area (Å²) in [5.41, 5.74) is 0.693. The van der Waals surface area contributed by atoms with Gasteiger partial charge < -0.3 is 10.2 Å². The molecule has 4 heterocycles. The van der Waals surface area contributed by atoms with E-state index < -0.39 is 0 Å². The summed E-state index contributed by atoms with van der Waals surface area (Å²) in [7, 11) is 0. The number of rotatable bonds is 4. The first-order chi connectivity index (χ1) is 9.28. The van der Waals surface area contributed by atoms with Crippen LogP contribution in [0, 0.1) is 5.92 Å². The van der Waals surface area contributed by atoms with Gasteiger partial charge in [0.2, 0.25) is 0 Å². The monoisotopic (exact) mass is 262 g/mol. The molecular weight excluding hydrogens is 240 g/mol. The van der Waals surface area contributed by atoms with Gasteiger partial charge in [-0.1, -0.05) is 6.92 Å². The van der Waals surface area contributed by atoms with Crippen LogP contribution in [0.1, 0.15) is 36.7 Å². The van der Waals surface area contributed by atoms with Gasteiger partial charge in [-0.2, -0.15) is 5.10 Å². The zero-order valence-electron chi connectivity index (χ0n) is 11.5. The van der Waals surface area contributed by atoms with E-state index in [0.29, 0.717) is 17.7 Å². The molecule has 1 unspecified atom stereocenters. The SMILES string of the molecule is CCCn1nccc1C(=O)NC1CN2CCC1CC2. The Labute approximate surface area is 114 Å². The van der Waals surface area contributed by atoms with E-state index in [1.165, 1.54) is 25.9 Å². The molecular formula is C14H22N4O. The Hall–Kier alpha value is -1.36. The van der Waals surface area contributed by atoms with Crippen molar-refractivity contribution in [2.75, 3.05) is 19.6 Å². The van der Waals surface area contributed by atoms with E-state index in [4.69, 9.17) is 0 Å². The molecule has 2 bridgehead atoms. The van der Waals surface area contributed by atoms with E-state index in [1.54, 1.807) is 10.9 Å². The van der Waals surface area contributed by atoms with Gasteiger partial charge >= 0.3 is 0 Å². The summed E-state index contributed by atoms with van der Waals surface area (Å²) in [4.78, 5) is 14.8. The van der Waals surface area contributed by atoms with Crippen molar-refractivity contribution in [3.8, 4) is 0 Å². The topological polar surface area (TPSA) is 50.2 Å². The second-order valence-corrected chi connectivity index (χ2v) is 5.66. The van der Waals surface area contributed by atoms with Crippen LogP contribution in [0.2, 0.25) is 0 Å². The zero-order valence-corrected chi connectivity index (χ0v) is 11.5. The fraction of sp³-hybridized carbons (Fsp3) is 0.714. The minimum atomic E-state index is 0.0321. The molecule has 3 aliphatic rings. The molecule has 1 N–H and O–H groups in total. The average Bonchev–Trinajstić information content (AvgIpc) is 2.89. The molecule has 5 nitrogen and oxygen atoms in total. The lowest BCUT2D eigenvalue weighted by Gasteiger charge is -2.44. The maximum Gasteiger partial charge on any atom is 0.269 e. The Morgan fingerprint density at radius 1 is 1.47 bits per heavy atom. The van der Waals surface area contributed by atoms with Crippen molar-refractivity contribution in [2.24, 2.45) is 5.92 Å². The third kappa shape index (κ3) is 2.52. The third-order valence-electron chi connectivity index (χ3n) is 4.36. The second kappa shape index (κ2) is 5.33. The van der Waals surface area contributed by atoms with Gasteiger partial charge in [0, 0.05) is 25.3 Å². The Morgan fingerprint density at radius 2 is 2.26 bits per heavy atom. The molecule has 0 aliphatic carbocycles. The number of nitrogens with one attached hydrogen (secondary N) is 1. The van der Waals surface area contributed by atoms with E-state index in [-0.39, 0.29) is 5.91 Å². The highest BCUT2D eigenvalue weighted by molar-refractivity contribution is 5.92. The van der Waals surface area contributed by atoms with Crippen LogP contribution in [0.3, 0.4) is 0 Å². The molecule has 3 fully saturated rings. The fourth-order valence-electron chi connectivity index (χ4n) is 3.29. The first-order valence-electron chi connectivity index (χ1n) is 7.33. The molecule has 1 atom stereocenters. The molecule has 0 aromatic carbocycles. The van der Waals surface area contributed by atoms with Gasteiger partial charge in [0.1, 0.15) is 5.69 Å². The number of nitrogens with zero attached hydrogens (tertiary/aromatic N) is 3. The summed E-state index contributed by atoms with van der Waals surface area (Å²) in [6.45, 7) is 6.31. The zero-order chi connectivity index (χ0) is 13.2. The Morgan fingerprint density at radius 3 is 2.89 bits per heavy atom. The average molecular weight is 262 g/mol. The number of hydrogen-bond donors (Lipinski definition) is 1. The van der Waals surface area contributed by atoms with Gasteiger partial charge in [0.25, 0.3) is 5.91 Å². The van der Waals surface area contributed by atoms with Crippen molar-refractivity contribution in [3.05, 3.63) is 18.0 Å². The summed E-state index contributed by atoms with van der Waals surface area (Å²) in [6, 6.07) is 2.13. The highest BCUT2D eigenvalue weighted by Crippen LogP contribution is 2.27. The smallest absolute Gasteiger partial charge is 0.269 e. The molecule has 0 radical (unpaired) electrons. The van der Waals surface area contributed by atoms with Crippen molar-refractivity contribution < 1.29 is 4.79 Å². The van der Waals surface area contributed by atoms with Crippen LogP contribution >= 0.6 is 0 Å². The number of piperidine rings is 3. The molecule has 0 spiro atoms. The number of aromatic nitrogens is 2. The lowest BCUT2D eigenvalue weighted by molar-refractivity contribution is 0.0614. The van der Waals surface area contributed by atoms with Crippen LogP contribution < -0.4 is 5.32 Å². The summed E-state index contributed by atoms with van der Waals surface area (Å²) in [6.07, 6.45) is 5.14. The maximum absolute atomic E-state index is 12.4. The summed E-state index contributed by atoms with van der Waals surface area (Å²) >= 11 is 0. The lowest BCUT2D eigenvalue weighted by Crippen LogP contribution is -2.57. The molecule has 4 rings (SSSR count). The van der Waals surface area contributed by atoms with Gasteiger partial charge in [-0.15, -0.1) is 0 Å². The molecule has 104 valence electrons. The van der Waals surface area contributed by atoms with Gasteiger partial charge in [0.05, 0.1) is 0 Å². The molecule has 5 heteroatoms. The van der Waals surface area contributed by atoms with E-state index in [9.17, 15) is 4.79 Å². The van der Waals surface area contributed by atoms with Crippen LogP contribution in [-0.4, -0.2) is 46.3 Å². The van der Waals surface area contributed by atoms with Gasteiger partial charge in [-0.3, -0.25) is 9.48 Å². The normalized spacial score (nSPS) is 29.4. The predicted octanol–water partition coefficient (Wildman–Crippen LogP) is 1.12. The number of aryl methyl sites for hydroxylation is 1. The van der Waals surface area contributed by atoms with Crippen molar-refractivity contribution in [1.29, 1.82) is 0 Å². The molecule has 0 saturated carbocycles. The number of hydrogen-bond acceptors (Lipinski definition) is 3.